The van der Waals surface area contributed by atoms with Gasteiger partial charge in [0.2, 0.25) is 5.16 Å². The molecule has 1 heterocycles. The van der Waals surface area contributed by atoms with Gasteiger partial charge in [0.05, 0.1) is 4.92 Å². The highest BCUT2D eigenvalue weighted by atomic mass is 32.2. The summed E-state index contributed by atoms with van der Waals surface area (Å²) in [6, 6.07) is 5.50. The predicted molar refractivity (Wildman–Crippen MR) is 84.1 cm³/mol. The second kappa shape index (κ2) is 7.58. The molecule has 1 amide bonds. The Bertz CT molecular complexity index is 701. The molecule has 10 heteroatoms. The standard InChI is InChI=1S/C13H15N5O4S/c1-3-23-13-15-14-9(2)17(13)16-12(19)8-22-11-6-4-10(5-7-11)18(20)21/h4-7H,3,8H2,1-2H3,(H,16,19). The van der Waals surface area contributed by atoms with Crippen LogP contribution >= 0.6 is 11.8 Å². The van der Waals surface area contributed by atoms with Gasteiger partial charge in [0, 0.05) is 12.1 Å². The third-order valence-corrected chi connectivity index (χ3v) is 3.53. The molecule has 2 aromatic rings. The zero-order valence-corrected chi connectivity index (χ0v) is 13.4. The van der Waals surface area contributed by atoms with Crippen molar-refractivity contribution in [3.05, 3.63) is 40.2 Å². The summed E-state index contributed by atoms with van der Waals surface area (Å²) in [6.45, 7) is 3.47. The van der Waals surface area contributed by atoms with Crippen molar-refractivity contribution in [3.63, 3.8) is 0 Å². The minimum Gasteiger partial charge on any atom is -0.484 e. The first kappa shape index (κ1) is 16.7. The van der Waals surface area contributed by atoms with Crippen LogP contribution in [0.25, 0.3) is 0 Å². The Kier molecular flexibility index (Phi) is 5.52. The van der Waals surface area contributed by atoms with E-state index >= 15 is 0 Å². The van der Waals surface area contributed by atoms with Gasteiger partial charge >= 0.3 is 0 Å². The van der Waals surface area contributed by atoms with Crippen LogP contribution in [-0.2, 0) is 4.79 Å². The van der Waals surface area contributed by atoms with E-state index in [-0.39, 0.29) is 18.2 Å². The fourth-order valence-corrected chi connectivity index (χ4v) is 2.33. The molecule has 1 aromatic carbocycles. The number of aromatic nitrogens is 3. The second-order valence-electron chi connectivity index (χ2n) is 4.37. The van der Waals surface area contributed by atoms with Crippen molar-refractivity contribution >= 4 is 23.4 Å². The largest absolute Gasteiger partial charge is 0.484 e. The van der Waals surface area contributed by atoms with Gasteiger partial charge in [-0.2, -0.15) is 0 Å². The lowest BCUT2D eigenvalue weighted by atomic mass is 10.3. The molecule has 0 unspecified atom stereocenters. The molecule has 0 radical (unpaired) electrons. The Hall–Kier alpha value is -2.62. The topological polar surface area (TPSA) is 112 Å². The van der Waals surface area contributed by atoms with Crippen LogP contribution in [0.2, 0.25) is 0 Å². The lowest BCUT2D eigenvalue weighted by molar-refractivity contribution is -0.384. The van der Waals surface area contributed by atoms with Crippen molar-refractivity contribution in [3.8, 4) is 5.75 Å². The minimum atomic E-state index is -0.502. The van der Waals surface area contributed by atoms with Gasteiger partial charge < -0.3 is 4.74 Å². The molecule has 23 heavy (non-hydrogen) atoms. The van der Waals surface area contributed by atoms with Crippen molar-refractivity contribution in [2.45, 2.75) is 19.0 Å². The monoisotopic (exact) mass is 337 g/mol. The van der Waals surface area contributed by atoms with Crippen LogP contribution in [-0.4, -0.2) is 38.1 Å². The number of thioether (sulfide) groups is 1. The van der Waals surface area contributed by atoms with Crippen LogP contribution in [0.3, 0.4) is 0 Å². The maximum Gasteiger partial charge on any atom is 0.276 e. The number of benzene rings is 1. The van der Waals surface area contributed by atoms with Crippen molar-refractivity contribution in [1.82, 2.24) is 14.9 Å². The fourth-order valence-electron chi connectivity index (χ4n) is 1.66. The third-order valence-electron chi connectivity index (χ3n) is 2.72. The Morgan fingerprint density at radius 1 is 1.39 bits per heavy atom. The van der Waals surface area contributed by atoms with E-state index in [1.165, 1.54) is 40.7 Å². The fraction of sp³-hybridized carbons (Fsp3) is 0.308. The van der Waals surface area contributed by atoms with E-state index in [4.69, 9.17) is 4.74 Å². The smallest absolute Gasteiger partial charge is 0.276 e. The predicted octanol–water partition coefficient (Wildman–Crippen LogP) is 1.76. The molecule has 0 spiro atoms. The molecule has 0 fully saturated rings. The first-order chi connectivity index (χ1) is 11.0. The van der Waals surface area contributed by atoms with E-state index < -0.39 is 4.92 Å². The maximum atomic E-state index is 11.9. The molecule has 0 saturated carbocycles. The van der Waals surface area contributed by atoms with Crippen LogP contribution < -0.4 is 10.2 Å². The number of nitrogens with zero attached hydrogens (tertiary/aromatic N) is 4. The van der Waals surface area contributed by atoms with E-state index in [1.54, 1.807) is 6.92 Å². The van der Waals surface area contributed by atoms with Crippen molar-refractivity contribution in [2.24, 2.45) is 0 Å². The van der Waals surface area contributed by atoms with E-state index in [9.17, 15) is 14.9 Å². The molecule has 0 saturated heterocycles. The Balaban J connectivity index is 1.92. The Morgan fingerprint density at radius 3 is 2.70 bits per heavy atom. The normalized spacial score (nSPS) is 10.3. The van der Waals surface area contributed by atoms with Crippen molar-refractivity contribution in [2.75, 3.05) is 17.8 Å². The number of carbonyl (C=O) groups is 1. The highest BCUT2D eigenvalue weighted by molar-refractivity contribution is 7.99. The van der Waals surface area contributed by atoms with Crippen LogP contribution in [0, 0.1) is 17.0 Å². The first-order valence-electron chi connectivity index (χ1n) is 6.73. The summed E-state index contributed by atoms with van der Waals surface area (Å²) in [5, 5.41) is 19.0. The van der Waals surface area contributed by atoms with E-state index in [2.05, 4.69) is 15.6 Å². The summed E-state index contributed by atoms with van der Waals surface area (Å²) in [5.74, 6) is 1.34. The van der Waals surface area contributed by atoms with E-state index in [0.29, 0.717) is 16.7 Å². The number of ether oxygens (including phenoxy) is 1. The second-order valence-corrected chi connectivity index (χ2v) is 5.60. The molecule has 0 aliphatic rings. The van der Waals surface area contributed by atoms with E-state index in [0.717, 1.165) is 5.75 Å². The zero-order valence-electron chi connectivity index (χ0n) is 12.6. The lowest BCUT2D eigenvalue weighted by Crippen LogP contribution is -2.29. The molecule has 0 aliphatic carbocycles. The number of nitro groups is 1. The van der Waals surface area contributed by atoms with Gasteiger partial charge in [0.1, 0.15) is 11.6 Å². The highest BCUT2D eigenvalue weighted by Crippen LogP contribution is 2.17. The number of carbonyl (C=O) groups excluding carboxylic acids is 1. The third kappa shape index (κ3) is 4.42. The molecule has 1 aromatic heterocycles. The summed E-state index contributed by atoms with van der Waals surface area (Å²) in [6.07, 6.45) is 0. The molecule has 9 nitrogen and oxygen atoms in total. The molecule has 0 aliphatic heterocycles. The number of amides is 1. The maximum absolute atomic E-state index is 11.9. The van der Waals surface area contributed by atoms with Gasteiger partial charge in [-0.05, 0) is 24.8 Å². The average Bonchev–Trinajstić information content (AvgIpc) is 2.87. The van der Waals surface area contributed by atoms with Crippen LogP contribution in [0.5, 0.6) is 5.75 Å². The van der Waals surface area contributed by atoms with E-state index in [1.807, 2.05) is 6.92 Å². The SMILES string of the molecule is CCSc1nnc(C)n1NC(=O)COc1ccc([N+](=O)[O-])cc1. The summed E-state index contributed by atoms with van der Waals surface area (Å²) in [4.78, 5) is 22.0. The summed E-state index contributed by atoms with van der Waals surface area (Å²) >= 11 is 1.45. The minimum absolute atomic E-state index is 0.0388. The Morgan fingerprint density at radius 2 is 2.09 bits per heavy atom. The molecular weight excluding hydrogens is 322 g/mol. The van der Waals surface area contributed by atoms with Gasteiger partial charge in [-0.15, -0.1) is 10.2 Å². The quantitative estimate of drug-likeness (QED) is 0.465. The van der Waals surface area contributed by atoms with Gasteiger partial charge in [0.15, 0.2) is 6.61 Å². The molecule has 1 N–H and O–H groups in total. The summed E-state index contributed by atoms with van der Waals surface area (Å²) < 4.78 is 6.79. The first-order valence-corrected chi connectivity index (χ1v) is 7.71. The van der Waals surface area contributed by atoms with Crippen LogP contribution in [0.4, 0.5) is 5.69 Å². The lowest BCUT2D eigenvalue weighted by Gasteiger charge is -2.10. The van der Waals surface area contributed by atoms with Gasteiger partial charge in [0.25, 0.3) is 11.6 Å². The van der Waals surface area contributed by atoms with Crippen molar-refractivity contribution < 1.29 is 14.5 Å². The average molecular weight is 337 g/mol. The van der Waals surface area contributed by atoms with Crippen LogP contribution in [0.15, 0.2) is 29.4 Å². The summed E-state index contributed by atoms with van der Waals surface area (Å²) in [7, 11) is 0. The number of rotatable bonds is 7. The van der Waals surface area contributed by atoms with Gasteiger partial charge in [-0.3, -0.25) is 20.3 Å². The highest BCUT2D eigenvalue weighted by Gasteiger charge is 2.12. The van der Waals surface area contributed by atoms with Crippen LogP contribution in [0.1, 0.15) is 12.7 Å². The number of aryl methyl sites for hydroxylation is 1. The zero-order chi connectivity index (χ0) is 16.8. The van der Waals surface area contributed by atoms with Gasteiger partial charge in [-0.1, -0.05) is 18.7 Å². The molecule has 122 valence electrons. The number of hydrogen-bond acceptors (Lipinski definition) is 7. The molecule has 0 bridgehead atoms. The number of hydrogen-bond donors (Lipinski definition) is 1. The molecule has 0 atom stereocenters. The molecular formula is C13H15N5O4S. The van der Waals surface area contributed by atoms with Gasteiger partial charge in [-0.25, -0.2) is 4.68 Å². The number of nitrogens with one attached hydrogen (secondary N) is 1. The Labute approximate surface area is 136 Å². The summed E-state index contributed by atoms with van der Waals surface area (Å²) in [5.41, 5.74) is 2.60. The van der Waals surface area contributed by atoms with Crippen molar-refractivity contribution in [1.29, 1.82) is 0 Å². The number of nitro benzene ring substituents is 1. The number of non-ortho nitro benzene ring substituents is 1. The molecule has 2 rings (SSSR count).